The summed E-state index contributed by atoms with van der Waals surface area (Å²) in [5.41, 5.74) is 1.06. The molecule has 1 heterocycles. The minimum atomic E-state index is -3.08. The molecule has 162 valence electrons. The molecule has 0 atom stereocenters. The predicted octanol–water partition coefficient (Wildman–Crippen LogP) is 2.60. The zero-order valence-electron chi connectivity index (χ0n) is 17.9. The molecule has 29 heavy (non-hydrogen) atoms. The van der Waals surface area contributed by atoms with E-state index in [1.54, 1.807) is 28.0 Å². The maximum atomic E-state index is 12.3. The highest BCUT2D eigenvalue weighted by molar-refractivity contribution is 7.92. The zero-order valence-corrected chi connectivity index (χ0v) is 18.7. The number of sulfone groups is 1. The van der Waals surface area contributed by atoms with Crippen LogP contribution in [-0.2, 0) is 16.4 Å². The number of nitrogens with zero attached hydrogens (tertiary/aromatic N) is 2. The summed E-state index contributed by atoms with van der Waals surface area (Å²) < 4.78 is 35.4. The van der Waals surface area contributed by atoms with E-state index in [2.05, 4.69) is 10.3 Å². The smallest absolute Gasteiger partial charge is 0.193 e. The predicted molar refractivity (Wildman–Crippen MR) is 116 cm³/mol. The van der Waals surface area contributed by atoms with Gasteiger partial charge in [-0.2, -0.15) is 0 Å². The zero-order chi connectivity index (χ0) is 21.1. The second-order valence-electron chi connectivity index (χ2n) is 8.41. The molecule has 0 spiro atoms. The fraction of sp³-hybridized carbons (Fsp3) is 0.667. The first-order valence-corrected chi connectivity index (χ1v) is 11.9. The second kappa shape index (κ2) is 8.81. The van der Waals surface area contributed by atoms with Gasteiger partial charge in [-0.1, -0.05) is 6.07 Å². The first-order chi connectivity index (χ1) is 13.8. The van der Waals surface area contributed by atoms with E-state index in [9.17, 15) is 8.42 Å². The van der Waals surface area contributed by atoms with E-state index >= 15 is 0 Å². The lowest BCUT2D eigenvalue weighted by atomic mass is 10.2. The van der Waals surface area contributed by atoms with Gasteiger partial charge < -0.3 is 19.7 Å². The molecule has 2 aliphatic rings. The average molecular weight is 424 g/mol. The van der Waals surface area contributed by atoms with Crippen molar-refractivity contribution in [3.63, 3.8) is 0 Å². The molecule has 0 aromatic heterocycles. The van der Waals surface area contributed by atoms with E-state index in [0.717, 1.165) is 29.9 Å². The molecule has 0 radical (unpaired) electrons. The number of benzene rings is 1. The van der Waals surface area contributed by atoms with Crippen molar-refractivity contribution in [2.75, 3.05) is 33.0 Å². The van der Waals surface area contributed by atoms with Gasteiger partial charge in [-0.25, -0.2) is 8.42 Å². The molecule has 0 unspecified atom stereocenters. The van der Waals surface area contributed by atoms with Crippen LogP contribution in [0.1, 0.15) is 45.1 Å². The number of ether oxygens (including phenoxy) is 2. The van der Waals surface area contributed by atoms with Gasteiger partial charge in [0.15, 0.2) is 27.3 Å². The van der Waals surface area contributed by atoms with E-state index in [1.165, 1.54) is 12.8 Å². The van der Waals surface area contributed by atoms with Crippen molar-refractivity contribution in [3.8, 4) is 11.5 Å². The van der Waals surface area contributed by atoms with Gasteiger partial charge >= 0.3 is 0 Å². The number of nitrogens with one attached hydrogen (secondary N) is 1. The van der Waals surface area contributed by atoms with Crippen molar-refractivity contribution in [2.45, 2.75) is 56.9 Å². The minimum absolute atomic E-state index is 0.141. The third-order valence-electron chi connectivity index (χ3n) is 5.83. The van der Waals surface area contributed by atoms with Crippen LogP contribution in [0.2, 0.25) is 0 Å². The van der Waals surface area contributed by atoms with Gasteiger partial charge in [-0.3, -0.25) is 4.99 Å². The van der Waals surface area contributed by atoms with Gasteiger partial charge in [0, 0.05) is 26.7 Å². The van der Waals surface area contributed by atoms with Crippen molar-refractivity contribution < 1.29 is 17.9 Å². The standard InChI is InChI=1S/C21H33N3O4S/c1-21(2)15-24(11-12-29(21,25)26)20(22-3)23-14-16-9-10-18(27-4)19(13-16)28-17-7-5-6-8-17/h9-10,13,17H,5-8,11-12,14-15H2,1-4H3,(H,22,23). The highest BCUT2D eigenvalue weighted by Gasteiger charge is 2.40. The fourth-order valence-corrected chi connectivity index (χ4v) is 5.31. The Hall–Kier alpha value is -1.96. The van der Waals surface area contributed by atoms with Gasteiger partial charge in [0.2, 0.25) is 0 Å². The summed E-state index contributed by atoms with van der Waals surface area (Å²) in [6, 6.07) is 5.95. The summed E-state index contributed by atoms with van der Waals surface area (Å²) in [5, 5.41) is 3.36. The number of guanidine groups is 1. The molecule has 1 N–H and O–H groups in total. The van der Waals surface area contributed by atoms with Crippen molar-refractivity contribution in [3.05, 3.63) is 23.8 Å². The molecule has 1 saturated carbocycles. The van der Waals surface area contributed by atoms with E-state index in [-0.39, 0.29) is 11.9 Å². The Kier molecular flexibility index (Phi) is 6.61. The summed E-state index contributed by atoms with van der Waals surface area (Å²) in [7, 11) is 0.296. The van der Waals surface area contributed by atoms with Crippen LogP contribution in [0.25, 0.3) is 0 Å². The number of rotatable bonds is 5. The largest absolute Gasteiger partial charge is 0.493 e. The topological polar surface area (TPSA) is 80.2 Å². The number of hydrogen-bond acceptors (Lipinski definition) is 5. The molecule has 3 rings (SSSR count). The molecule has 1 saturated heterocycles. The third kappa shape index (κ3) is 4.97. The normalized spacial score (nSPS) is 21.8. The number of methoxy groups -OCH3 is 1. The van der Waals surface area contributed by atoms with Crippen molar-refractivity contribution >= 4 is 15.8 Å². The van der Waals surface area contributed by atoms with Gasteiger partial charge in [-0.05, 0) is 57.2 Å². The number of hydrogen-bond donors (Lipinski definition) is 1. The lowest BCUT2D eigenvalue weighted by Gasteiger charge is -2.39. The summed E-state index contributed by atoms with van der Waals surface area (Å²) in [5.74, 6) is 2.37. The Morgan fingerprint density at radius 3 is 2.62 bits per heavy atom. The fourth-order valence-electron chi connectivity index (χ4n) is 3.95. The molecule has 1 aliphatic carbocycles. The van der Waals surface area contributed by atoms with E-state index in [1.807, 2.05) is 23.1 Å². The molecule has 1 aliphatic heterocycles. The minimum Gasteiger partial charge on any atom is -0.493 e. The second-order valence-corrected chi connectivity index (χ2v) is 11.2. The maximum absolute atomic E-state index is 12.3. The molecule has 1 aromatic rings. The molecule has 2 fully saturated rings. The highest BCUT2D eigenvalue weighted by atomic mass is 32.2. The van der Waals surface area contributed by atoms with E-state index < -0.39 is 14.6 Å². The Morgan fingerprint density at radius 1 is 1.28 bits per heavy atom. The van der Waals surface area contributed by atoms with Crippen molar-refractivity contribution in [1.82, 2.24) is 10.2 Å². The van der Waals surface area contributed by atoms with Gasteiger partial charge in [0.25, 0.3) is 0 Å². The quantitative estimate of drug-likeness (QED) is 0.579. The lowest BCUT2D eigenvalue weighted by Crippen LogP contribution is -2.57. The third-order valence-corrected chi connectivity index (χ3v) is 8.36. The Balaban J connectivity index is 1.66. The van der Waals surface area contributed by atoms with Gasteiger partial charge in [0.05, 0.1) is 23.7 Å². The van der Waals surface area contributed by atoms with Gasteiger partial charge in [-0.15, -0.1) is 0 Å². The van der Waals surface area contributed by atoms with Crippen LogP contribution in [0.5, 0.6) is 11.5 Å². The molecule has 0 bridgehead atoms. The van der Waals surface area contributed by atoms with E-state index in [0.29, 0.717) is 25.6 Å². The summed E-state index contributed by atoms with van der Waals surface area (Å²) in [6.07, 6.45) is 4.87. The van der Waals surface area contributed by atoms with Gasteiger partial charge in [0.1, 0.15) is 0 Å². The molecular weight excluding hydrogens is 390 g/mol. The van der Waals surface area contributed by atoms with Crippen LogP contribution in [-0.4, -0.2) is 63.1 Å². The van der Waals surface area contributed by atoms with Crippen LogP contribution in [0.3, 0.4) is 0 Å². The number of aliphatic imine (C=N–C) groups is 1. The molecule has 1 aromatic carbocycles. The monoisotopic (exact) mass is 423 g/mol. The van der Waals surface area contributed by atoms with Crippen molar-refractivity contribution in [2.24, 2.45) is 4.99 Å². The Bertz CT molecular complexity index is 845. The lowest BCUT2D eigenvalue weighted by molar-refractivity contribution is 0.200. The van der Waals surface area contributed by atoms with E-state index in [4.69, 9.17) is 9.47 Å². The highest BCUT2D eigenvalue weighted by Crippen LogP contribution is 2.32. The van der Waals surface area contributed by atoms with Crippen LogP contribution in [0, 0.1) is 0 Å². The SMILES string of the molecule is CN=C(NCc1ccc(OC)c(OC2CCCC2)c1)N1CCS(=O)(=O)C(C)(C)C1. The first kappa shape index (κ1) is 21.7. The Morgan fingerprint density at radius 2 is 2.00 bits per heavy atom. The maximum Gasteiger partial charge on any atom is 0.193 e. The van der Waals surface area contributed by atoms with Crippen LogP contribution in [0.15, 0.2) is 23.2 Å². The molecule has 0 amide bonds. The Labute approximate surface area is 174 Å². The molecule has 7 nitrogen and oxygen atoms in total. The summed E-state index contributed by atoms with van der Waals surface area (Å²) in [6.45, 7) is 4.99. The average Bonchev–Trinajstić information content (AvgIpc) is 3.18. The van der Waals surface area contributed by atoms with Crippen LogP contribution < -0.4 is 14.8 Å². The summed E-state index contributed by atoms with van der Waals surface area (Å²) in [4.78, 5) is 6.37. The molecule has 8 heteroatoms. The van der Waals surface area contributed by atoms with Crippen LogP contribution >= 0.6 is 0 Å². The van der Waals surface area contributed by atoms with Crippen LogP contribution in [0.4, 0.5) is 0 Å². The molecular formula is C21H33N3O4S. The summed E-state index contributed by atoms with van der Waals surface area (Å²) >= 11 is 0. The first-order valence-electron chi connectivity index (χ1n) is 10.3. The van der Waals surface area contributed by atoms with Crippen molar-refractivity contribution in [1.29, 1.82) is 0 Å².